The summed E-state index contributed by atoms with van der Waals surface area (Å²) in [6.07, 6.45) is 2.48. The van der Waals surface area contributed by atoms with E-state index in [0.29, 0.717) is 16.8 Å². The molecule has 8 nitrogen and oxygen atoms in total. The molecule has 4 heterocycles. The second-order valence-electron chi connectivity index (χ2n) is 7.48. The first-order chi connectivity index (χ1) is 14.7. The summed E-state index contributed by atoms with van der Waals surface area (Å²) < 4.78 is 38.8. The van der Waals surface area contributed by atoms with E-state index in [1.165, 1.54) is 12.1 Å². The fraction of sp³-hybridized carbons (Fsp3) is 0.200. The molecule has 2 aromatic rings. The molecule has 0 saturated heterocycles. The summed E-state index contributed by atoms with van der Waals surface area (Å²) >= 11 is 0. The molecule has 3 aliphatic rings. The number of nitrogens with one attached hydrogen (secondary N) is 2. The van der Waals surface area contributed by atoms with Gasteiger partial charge < -0.3 is 21.3 Å². The number of benzene rings is 1. The van der Waals surface area contributed by atoms with Crippen molar-refractivity contribution in [2.24, 2.45) is 4.99 Å². The van der Waals surface area contributed by atoms with E-state index in [-0.39, 0.29) is 23.6 Å². The molecule has 0 radical (unpaired) electrons. The van der Waals surface area contributed by atoms with Crippen LogP contribution in [0.3, 0.4) is 0 Å². The van der Waals surface area contributed by atoms with Crippen LogP contribution < -0.4 is 16.4 Å². The Bertz CT molecular complexity index is 1190. The van der Waals surface area contributed by atoms with Gasteiger partial charge in [0, 0.05) is 24.8 Å². The maximum absolute atomic E-state index is 12.9. The van der Waals surface area contributed by atoms with Crippen LogP contribution in [0.2, 0.25) is 0 Å². The number of alkyl halides is 3. The molecule has 2 unspecified atom stereocenters. The van der Waals surface area contributed by atoms with Crippen molar-refractivity contribution in [2.45, 2.75) is 24.7 Å². The van der Waals surface area contributed by atoms with Crippen LogP contribution in [-0.4, -0.2) is 33.2 Å². The zero-order valence-corrected chi connectivity index (χ0v) is 16.1. The Balaban J connectivity index is 1.56. The lowest BCUT2D eigenvalue weighted by Gasteiger charge is -2.24. The molecule has 4 N–H and O–H groups in total. The van der Waals surface area contributed by atoms with Crippen LogP contribution in [0, 0.1) is 0 Å². The van der Waals surface area contributed by atoms with E-state index in [2.05, 4.69) is 25.6 Å². The lowest BCUT2D eigenvalue weighted by Crippen LogP contribution is -2.35. The predicted octanol–water partition coefficient (Wildman–Crippen LogP) is 2.42. The number of nitrogens with two attached hydrogens (primary N) is 1. The van der Waals surface area contributed by atoms with Gasteiger partial charge in [0.15, 0.2) is 5.82 Å². The summed E-state index contributed by atoms with van der Waals surface area (Å²) in [7, 11) is 0. The topological polar surface area (TPSA) is 109 Å². The molecule has 0 bridgehead atoms. The van der Waals surface area contributed by atoms with Crippen LogP contribution >= 0.6 is 0 Å². The van der Waals surface area contributed by atoms with Gasteiger partial charge in [0.05, 0.1) is 11.1 Å². The molecule has 1 amide bonds. The zero-order chi connectivity index (χ0) is 22.0. The third kappa shape index (κ3) is 2.84. The number of rotatable bonds is 2. The zero-order valence-electron chi connectivity index (χ0n) is 16.1. The van der Waals surface area contributed by atoms with Crippen molar-refractivity contribution in [3.8, 4) is 0 Å². The van der Waals surface area contributed by atoms with Gasteiger partial charge in [-0.05, 0) is 24.6 Å². The van der Waals surface area contributed by atoms with Crippen molar-refractivity contribution in [2.75, 3.05) is 11.1 Å². The summed E-state index contributed by atoms with van der Waals surface area (Å²) in [5.74, 6) is 0.0359. The van der Waals surface area contributed by atoms with Gasteiger partial charge in [0.25, 0.3) is 0 Å². The van der Waals surface area contributed by atoms with Crippen LogP contribution in [0.1, 0.15) is 29.4 Å². The van der Waals surface area contributed by atoms with Crippen molar-refractivity contribution < 1.29 is 18.0 Å². The Hall–Kier alpha value is -3.89. The number of hydrogen-bond donors (Lipinski definition) is 3. The van der Waals surface area contributed by atoms with E-state index in [0.717, 1.165) is 12.1 Å². The van der Waals surface area contributed by atoms with E-state index in [1.54, 1.807) is 25.5 Å². The maximum Gasteiger partial charge on any atom is 0.416 e. The van der Waals surface area contributed by atoms with Crippen molar-refractivity contribution >= 4 is 29.5 Å². The monoisotopic (exact) mass is 427 g/mol. The first-order valence-electron chi connectivity index (χ1n) is 9.31. The highest BCUT2D eigenvalue weighted by molar-refractivity contribution is 6.09. The number of amides is 1. The van der Waals surface area contributed by atoms with Gasteiger partial charge in [0.2, 0.25) is 5.91 Å². The fourth-order valence-electron chi connectivity index (χ4n) is 3.88. The number of nitrogens with zero attached hydrogens (tertiary/aromatic N) is 4. The van der Waals surface area contributed by atoms with Gasteiger partial charge in [0.1, 0.15) is 28.9 Å². The summed E-state index contributed by atoms with van der Waals surface area (Å²) in [5, 5.41) is 5.78. The molecule has 1 aromatic carbocycles. The molecular formula is C20H16F3N7O. The molecule has 0 spiro atoms. The van der Waals surface area contributed by atoms with Gasteiger partial charge in [-0.1, -0.05) is 12.1 Å². The SMILES string of the molecule is CC1(c2ccc(C(F)(F)F)cc2)C(=O)Nc2nc(C3=CN4C=CNC4C=N3)nc(N)c21. The highest BCUT2D eigenvalue weighted by Gasteiger charge is 2.48. The predicted molar refractivity (Wildman–Crippen MR) is 107 cm³/mol. The minimum Gasteiger partial charge on any atom is -0.383 e. The Morgan fingerprint density at radius 2 is 1.94 bits per heavy atom. The third-order valence-corrected chi connectivity index (χ3v) is 5.60. The van der Waals surface area contributed by atoms with E-state index in [9.17, 15) is 18.0 Å². The first kappa shape index (κ1) is 19.1. The molecule has 158 valence electrons. The van der Waals surface area contributed by atoms with Gasteiger partial charge in [-0.25, -0.2) is 9.97 Å². The number of carbonyl (C=O) groups excluding carboxylic acids is 1. The first-order valence-corrected chi connectivity index (χ1v) is 9.31. The standard InChI is InChI=1S/C20H16F3N7O/c1-19(10-2-4-11(5-3-10)20(21,22)23)14-15(24)27-16(28-17(14)29-18(19)31)12-9-30-7-6-25-13(30)8-26-12/h2-9,13,25H,1H3,(H3,24,27,28,29,31). The van der Waals surface area contributed by atoms with Crippen molar-refractivity contribution in [3.05, 3.63) is 65.4 Å². The Labute approximate surface area is 174 Å². The number of fused-ring (bicyclic) bond motifs is 2. The molecule has 1 aromatic heterocycles. The number of aliphatic imine (C=N–C) groups is 1. The third-order valence-electron chi connectivity index (χ3n) is 5.60. The van der Waals surface area contributed by atoms with E-state index in [4.69, 9.17) is 5.73 Å². The van der Waals surface area contributed by atoms with Gasteiger partial charge in [-0.15, -0.1) is 0 Å². The lowest BCUT2D eigenvalue weighted by atomic mass is 9.77. The summed E-state index contributed by atoms with van der Waals surface area (Å²) in [6, 6.07) is 4.41. The van der Waals surface area contributed by atoms with Crippen LogP contribution in [0.5, 0.6) is 0 Å². The van der Waals surface area contributed by atoms with Gasteiger partial charge in [-0.2, -0.15) is 13.2 Å². The Kier molecular flexibility index (Phi) is 3.88. The van der Waals surface area contributed by atoms with Gasteiger partial charge in [-0.3, -0.25) is 9.79 Å². The summed E-state index contributed by atoms with van der Waals surface area (Å²) in [6.45, 7) is 1.58. The molecule has 0 saturated carbocycles. The number of carbonyl (C=O) groups is 1. The van der Waals surface area contributed by atoms with Crippen molar-refractivity contribution in [3.63, 3.8) is 0 Å². The fourth-order valence-corrected chi connectivity index (χ4v) is 3.88. The Morgan fingerprint density at radius 1 is 1.19 bits per heavy atom. The highest BCUT2D eigenvalue weighted by Crippen LogP contribution is 2.45. The molecule has 0 fully saturated rings. The minimum absolute atomic E-state index is 0.0501. The number of aromatic nitrogens is 2. The van der Waals surface area contributed by atoms with Gasteiger partial charge >= 0.3 is 6.18 Å². The average Bonchev–Trinajstić information content (AvgIpc) is 3.30. The summed E-state index contributed by atoms with van der Waals surface area (Å²) in [4.78, 5) is 27.9. The largest absolute Gasteiger partial charge is 0.416 e. The van der Waals surface area contributed by atoms with Crippen molar-refractivity contribution in [1.82, 2.24) is 20.2 Å². The quantitative estimate of drug-likeness (QED) is 0.679. The van der Waals surface area contributed by atoms with Crippen LogP contribution in [0.4, 0.5) is 24.8 Å². The smallest absolute Gasteiger partial charge is 0.383 e. The molecule has 11 heteroatoms. The van der Waals surface area contributed by atoms with Crippen LogP contribution in [-0.2, 0) is 16.4 Å². The van der Waals surface area contributed by atoms with E-state index < -0.39 is 23.1 Å². The molecule has 5 rings (SSSR count). The highest BCUT2D eigenvalue weighted by atomic mass is 19.4. The van der Waals surface area contributed by atoms with Crippen molar-refractivity contribution in [1.29, 1.82) is 0 Å². The van der Waals surface area contributed by atoms with Crippen LogP contribution in [0.25, 0.3) is 5.70 Å². The summed E-state index contributed by atoms with van der Waals surface area (Å²) in [5.41, 5.74) is 5.21. The lowest BCUT2D eigenvalue weighted by molar-refractivity contribution is -0.137. The molecule has 0 aliphatic carbocycles. The second-order valence-corrected chi connectivity index (χ2v) is 7.48. The maximum atomic E-state index is 12.9. The van der Waals surface area contributed by atoms with Crippen LogP contribution in [0.15, 0.2) is 47.9 Å². The second kappa shape index (κ2) is 6.30. The van der Waals surface area contributed by atoms with E-state index >= 15 is 0 Å². The number of halogens is 3. The van der Waals surface area contributed by atoms with E-state index in [1.807, 2.05) is 11.1 Å². The molecule has 31 heavy (non-hydrogen) atoms. The average molecular weight is 427 g/mol. The minimum atomic E-state index is -4.47. The molecule has 2 atom stereocenters. The normalized spacial score (nSPS) is 23.9. The number of nitrogen functional groups attached to an aromatic ring is 1. The number of anilines is 2. The molecule has 3 aliphatic heterocycles. The molecular weight excluding hydrogens is 411 g/mol. The number of hydrogen-bond acceptors (Lipinski definition) is 7. The Morgan fingerprint density at radius 3 is 2.65 bits per heavy atom.